The highest BCUT2D eigenvalue weighted by Crippen LogP contribution is 2.23. The summed E-state index contributed by atoms with van der Waals surface area (Å²) in [5, 5.41) is 0. The lowest BCUT2D eigenvalue weighted by Gasteiger charge is -2.28. The first kappa shape index (κ1) is 11.5. The van der Waals surface area contributed by atoms with Gasteiger partial charge < -0.3 is 4.74 Å². The molecule has 0 aromatic rings. The van der Waals surface area contributed by atoms with Crippen molar-refractivity contribution in [2.45, 2.75) is 32.7 Å². The molecule has 0 bridgehead atoms. The van der Waals surface area contributed by atoms with Crippen molar-refractivity contribution < 1.29 is 9.53 Å². The Balaban J connectivity index is 2.49. The number of rotatable bonds is 2. The summed E-state index contributed by atoms with van der Waals surface area (Å²) in [7, 11) is 0. The van der Waals surface area contributed by atoms with Gasteiger partial charge in [0, 0.05) is 18.7 Å². The smallest absolute Gasteiger partial charge is 0.330 e. The first-order valence-electron chi connectivity index (χ1n) is 4.92. The first-order chi connectivity index (χ1) is 6.63. The Morgan fingerprint density at radius 1 is 1.79 bits per heavy atom. The molecule has 14 heavy (non-hydrogen) atoms. The molecule has 1 rings (SSSR count). The highest BCUT2D eigenvalue weighted by atomic mass is 35.5. The maximum atomic E-state index is 11.2. The van der Waals surface area contributed by atoms with E-state index in [0.717, 1.165) is 25.0 Å². The summed E-state index contributed by atoms with van der Waals surface area (Å²) >= 11 is 5.92. The molecule has 1 saturated heterocycles. The molecule has 1 aliphatic heterocycles. The minimum atomic E-state index is -0.238. The fourth-order valence-electron chi connectivity index (χ4n) is 1.53. The summed E-state index contributed by atoms with van der Waals surface area (Å²) in [6.45, 7) is 5.08. The highest BCUT2D eigenvalue weighted by molar-refractivity contribution is 6.13. The Hall–Kier alpha value is -0.540. The number of carbonyl (C=O) groups is 1. The van der Waals surface area contributed by atoms with Crippen LogP contribution in [0.15, 0.2) is 11.6 Å². The van der Waals surface area contributed by atoms with Crippen molar-refractivity contribution in [1.82, 2.24) is 4.42 Å². The molecule has 0 saturated carbocycles. The number of carbonyl (C=O) groups excluding carboxylic acids is 1. The predicted octanol–water partition coefficient (Wildman–Crippen LogP) is 2.11. The van der Waals surface area contributed by atoms with Gasteiger partial charge >= 0.3 is 5.97 Å². The fraction of sp³-hybridized carbons (Fsp3) is 0.700. The van der Waals surface area contributed by atoms with Crippen LogP contribution in [-0.2, 0) is 9.53 Å². The van der Waals surface area contributed by atoms with E-state index in [9.17, 15) is 4.79 Å². The van der Waals surface area contributed by atoms with Crippen molar-refractivity contribution in [2.75, 3.05) is 13.2 Å². The van der Waals surface area contributed by atoms with Crippen molar-refractivity contribution >= 4 is 17.7 Å². The average Bonchev–Trinajstić information content (AvgIpc) is 2.12. The zero-order chi connectivity index (χ0) is 10.6. The van der Waals surface area contributed by atoms with Gasteiger partial charge in [-0.15, -0.1) is 0 Å². The van der Waals surface area contributed by atoms with E-state index in [-0.39, 0.29) is 5.97 Å². The Bertz CT molecular complexity index is 240. The van der Waals surface area contributed by atoms with E-state index in [2.05, 4.69) is 0 Å². The molecule has 0 spiro atoms. The quantitative estimate of drug-likeness (QED) is 0.403. The van der Waals surface area contributed by atoms with E-state index in [1.165, 1.54) is 0 Å². The van der Waals surface area contributed by atoms with E-state index in [1.54, 1.807) is 17.4 Å². The van der Waals surface area contributed by atoms with Crippen molar-refractivity contribution in [2.24, 2.45) is 0 Å². The molecule has 1 heterocycles. The second-order valence-corrected chi connectivity index (χ2v) is 3.92. The normalized spacial score (nSPS) is 26.5. The zero-order valence-corrected chi connectivity index (χ0v) is 9.38. The van der Waals surface area contributed by atoms with Gasteiger partial charge in [0.05, 0.1) is 6.61 Å². The van der Waals surface area contributed by atoms with Crippen LogP contribution in [-0.4, -0.2) is 29.6 Å². The molecule has 0 N–H and O–H groups in total. The molecule has 0 aromatic heterocycles. The molecule has 4 heteroatoms. The molecule has 1 unspecified atom stereocenters. The topological polar surface area (TPSA) is 29.5 Å². The molecule has 0 aliphatic carbocycles. The van der Waals surface area contributed by atoms with Gasteiger partial charge in [-0.1, -0.05) is 5.57 Å². The SMILES string of the molecule is CCOC(=O)/C=C1\CCN(Cl)C(C)C1. The largest absolute Gasteiger partial charge is 0.463 e. The maximum Gasteiger partial charge on any atom is 0.330 e. The third-order valence-electron chi connectivity index (χ3n) is 2.29. The van der Waals surface area contributed by atoms with Crippen LogP contribution in [0.3, 0.4) is 0 Å². The summed E-state index contributed by atoms with van der Waals surface area (Å²) in [5.41, 5.74) is 1.13. The van der Waals surface area contributed by atoms with Crippen LogP contribution in [0.4, 0.5) is 0 Å². The van der Waals surface area contributed by atoms with Crippen LogP contribution >= 0.6 is 11.8 Å². The minimum Gasteiger partial charge on any atom is -0.463 e. The van der Waals surface area contributed by atoms with Gasteiger partial charge in [0.2, 0.25) is 0 Å². The Morgan fingerprint density at radius 2 is 2.50 bits per heavy atom. The van der Waals surface area contributed by atoms with E-state index < -0.39 is 0 Å². The molecule has 1 aliphatic rings. The lowest BCUT2D eigenvalue weighted by atomic mass is 9.99. The molecule has 80 valence electrons. The molecule has 3 nitrogen and oxygen atoms in total. The Morgan fingerprint density at radius 3 is 3.07 bits per heavy atom. The van der Waals surface area contributed by atoms with E-state index >= 15 is 0 Å². The average molecular weight is 218 g/mol. The van der Waals surface area contributed by atoms with Gasteiger partial charge in [-0.25, -0.2) is 9.21 Å². The number of hydrogen-bond donors (Lipinski definition) is 0. The summed E-state index contributed by atoms with van der Waals surface area (Å²) in [6, 6.07) is 0.297. The predicted molar refractivity (Wildman–Crippen MR) is 56.0 cm³/mol. The second kappa shape index (κ2) is 5.37. The minimum absolute atomic E-state index is 0.238. The number of nitrogens with zero attached hydrogens (tertiary/aromatic N) is 1. The number of ether oxygens (including phenoxy) is 1. The summed E-state index contributed by atoms with van der Waals surface area (Å²) in [4.78, 5) is 11.2. The third kappa shape index (κ3) is 3.31. The molecule has 0 radical (unpaired) electrons. The van der Waals surface area contributed by atoms with Crippen molar-refractivity contribution in [3.05, 3.63) is 11.6 Å². The van der Waals surface area contributed by atoms with Gasteiger partial charge in [0.15, 0.2) is 0 Å². The molecular formula is C10H16ClNO2. The molecule has 0 aromatic carbocycles. The van der Waals surface area contributed by atoms with Crippen molar-refractivity contribution in [3.8, 4) is 0 Å². The van der Waals surface area contributed by atoms with Crippen LogP contribution < -0.4 is 0 Å². The number of piperidine rings is 1. The molecule has 1 fully saturated rings. The second-order valence-electron chi connectivity index (χ2n) is 3.48. The summed E-state index contributed by atoms with van der Waals surface area (Å²) in [5.74, 6) is -0.238. The Kier molecular flexibility index (Phi) is 4.42. The number of halogens is 1. The summed E-state index contributed by atoms with van der Waals surface area (Å²) in [6.07, 6.45) is 3.30. The molecule has 1 atom stereocenters. The lowest BCUT2D eigenvalue weighted by molar-refractivity contribution is -0.137. The van der Waals surface area contributed by atoms with Crippen LogP contribution in [0.25, 0.3) is 0 Å². The van der Waals surface area contributed by atoms with E-state index in [4.69, 9.17) is 16.5 Å². The third-order valence-corrected chi connectivity index (χ3v) is 2.79. The van der Waals surface area contributed by atoms with Gasteiger partial charge in [-0.3, -0.25) is 0 Å². The van der Waals surface area contributed by atoms with Gasteiger partial charge in [-0.05, 0) is 38.5 Å². The van der Waals surface area contributed by atoms with Crippen molar-refractivity contribution in [3.63, 3.8) is 0 Å². The molecular weight excluding hydrogens is 202 g/mol. The van der Waals surface area contributed by atoms with Crippen LogP contribution in [0, 0.1) is 0 Å². The standard InChI is InChI=1S/C10H16ClNO2/c1-3-14-10(13)7-9-4-5-12(11)8(2)6-9/h7-8H,3-6H2,1-2H3/b9-7+. The van der Waals surface area contributed by atoms with Crippen LogP contribution in [0.1, 0.15) is 26.7 Å². The number of esters is 1. The monoisotopic (exact) mass is 217 g/mol. The zero-order valence-electron chi connectivity index (χ0n) is 8.62. The highest BCUT2D eigenvalue weighted by Gasteiger charge is 2.20. The van der Waals surface area contributed by atoms with Gasteiger partial charge in [0.25, 0.3) is 0 Å². The Labute approximate surface area is 89.8 Å². The van der Waals surface area contributed by atoms with Crippen LogP contribution in [0.2, 0.25) is 0 Å². The van der Waals surface area contributed by atoms with E-state index in [0.29, 0.717) is 12.6 Å². The van der Waals surface area contributed by atoms with Gasteiger partial charge in [-0.2, -0.15) is 0 Å². The fourth-order valence-corrected chi connectivity index (χ4v) is 1.69. The van der Waals surface area contributed by atoms with Gasteiger partial charge in [0.1, 0.15) is 0 Å². The van der Waals surface area contributed by atoms with Crippen LogP contribution in [0.5, 0.6) is 0 Å². The van der Waals surface area contributed by atoms with E-state index in [1.807, 2.05) is 6.92 Å². The van der Waals surface area contributed by atoms with Crippen molar-refractivity contribution in [1.29, 1.82) is 0 Å². The maximum absolute atomic E-state index is 11.2. The number of hydrogen-bond acceptors (Lipinski definition) is 3. The lowest BCUT2D eigenvalue weighted by Crippen LogP contribution is -2.30. The first-order valence-corrected chi connectivity index (χ1v) is 5.26. The molecule has 0 amide bonds. The summed E-state index contributed by atoms with van der Waals surface area (Å²) < 4.78 is 6.63.